The maximum Gasteiger partial charge on any atom is 0.343 e. The Bertz CT molecular complexity index is 1890. The number of carbonyl (C=O) groups is 1. The second kappa shape index (κ2) is 28.6. The number of phenols is 2. The number of esters is 1. The van der Waals surface area contributed by atoms with Crippen molar-refractivity contribution in [2.75, 3.05) is 13.2 Å². The number of hydrogen-bond acceptors (Lipinski definition) is 8. The molecule has 2 N–H and O–H groups in total. The average molecular weight is 840 g/mol. The Balaban J connectivity index is 1.18. The molecule has 8 nitrogen and oxygen atoms in total. The second-order valence-electron chi connectivity index (χ2n) is 15.6. The lowest BCUT2D eigenvalue weighted by Crippen LogP contribution is -2.08. The van der Waals surface area contributed by atoms with Crippen LogP contribution in [0.1, 0.15) is 164 Å². The van der Waals surface area contributed by atoms with Gasteiger partial charge in [0.2, 0.25) is 0 Å². The first-order chi connectivity index (χ1) is 29.4. The summed E-state index contributed by atoms with van der Waals surface area (Å²) in [5.74, 6) is 1.13. The summed E-state index contributed by atoms with van der Waals surface area (Å²) in [7, 11) is 0. The fraction of sp³-hybridized carbons (Fsp3) is 0.471. The topological polar surface area (TPSA) is 110 Å². The van der Waals surface area contributed by atoms with E-state index in [1.165, 1.54) is 109 Å². The Morgan fingerprint density at radius 2 is 0.967 bits per heavy atom. The summed E-state index contributed by atoms with van der Waals surface area (Å²) >= 11 is 6.41. The zero-order valence-electron chi connectivity index (χ0n) is 36.0. The first-order valence-corrected chi connectivity index (χ1v) is 22.9. The molecule has 4 aromatic rings. The van der Waals surface area contributed by atoms with Crippen molar-refractivity contribution < 1.29 is 29.2 Å². The van der Waals surface area contributed by atoms with E-state index in [4.69, 9.17) is 25.8 Å². The van der Waals surface area contributed by atoms with Gasteiger partial charge in [-0.2, -0.15) is 0 Å². The van der Waals surface area contributed by atoms with E-state index in [1.54, 1.807) is 79.0 Å². The number of aromatic hydroxyl groups is 2. The highest BCUT2D eigenvalue weighted by molar-refractivity contribution is 6.33. The molecular weight excluding hydrogens is 772 g/mol. The third kappa shape index (κ3) is 18.6. The van der Waals surface area contributed by atoms with Gasteiger partial charge in [0, 0.05) is 35.7 Å². The SMILES string of the molecule is CCCCCCCCCCCCOc1ccc(C=Nc2ccc(OC(=O)c3ccc(Cl)c(N=Cc4ccc(OCCCCCCCCCCCC)cc4O)c3)cc2)c(O)c1. The highest BCUT2D eigenvalue weighted by atomic mass is 35.5. The molecule has 9 heteroatoms. The van der Waals surface area contributed by atoms with E-state index in [0.717, 1.165) is 25.7 Å². The summed E-state index contributed by atoms with van der Waals surface area (Å²) in [5, 5.41) is 21.5. The number of ether oxygens (including phenoxy) is 3. The van der Waals surface area contributed by atoms with Gasteiger partial charge in [0.15, 0.2) is 0 Å². The number of rotatable bonds is 30. The lowest BCUT2D eigenvalue weighted by atomic mass is 10.1. The van der Waals surface area contributed by atoms with Gasteiger partial charge < -0.3 is 24.4 Å². The van der Waals surface area contributed by atoms with E-state index in [-0.39, 0.29) is 17.1 Å². The lowest BCUT2D eigenvalue weighted by molar-refractivity contribution is 0.0734. The zero-order chi connectivity index (χ0) is 42.6. The molecule has 4 rings (SSSR count). The molecule has 0 aliphatic carbocycles. The van der Waals surface area contributed by atoms with Crippen LogP contribution in [0, 0.1) is 0 Å². The monoisotopic (exact) mass is 838 g/mol. The van der Waals surface area contributed by atoms with Crippen molar-refractivity contribution in [2.45, 2.75) is 142 Å². The van der Waals surface area contributed by atoms with E-state index in [9.17, 15) is 15.0 Å². The quantitative estimate of drug-likeness (QED) is 0.0234. The smallest absolute Gasteiger partial charge is 0.343 e. The maximum atomic E-state index is 13.1. The predicted molar refractivity (Wildman–Crippen MR) is 248 cm³/mol. The van der Waals surface area contributed by atoms with Gasteiger partial charge in [-0.05, 0) is 79.6 Å². The van der Waals surface area contributed by atoms with Gasteiger partial charge in [-0.15, -0.1) is 0 Å². The molecule has 0 aliphatic rings. The molecule has 0 aliphatic heterocycles. The minimum atomic E-state index is -0.577. The van der Waals surface area contributed by atoms with Crippen molar-refractivity contribution in [2.24, 2.45) is 9.98 Å². The number of hydrogen-bond donors (Lipinski definition) is 2. The fourth-order valence-electron chi connectivity index (χ4n) is 6.79. The third-order valence-corrected chi connectivity index (χ3v) is 10.8. The average Bonchev–Trinajstić information content (AvgIpc) is 3.25. The lowest BCUT2D eigenvalue weighted by Gasteiger charge is -2.08. The number of nitrogens with zero attached hydrogens (tertiary/aromatic N) is 2. The summed E-state index contributed by atoms with van der Waals surface area (Å²) < 4.78 is 17.3. The minimum Gasteiger partial charge on any atom is -0.507 e. The molecule has 0 bridgehead atoms. The van der Waals surface area contributed by atoms with Crippen molar-refractivity contribution in [3.63, 3.8) is 0 Å². The molecule has 0 spiro atoms. The van der Waals surface area contributed by atoms with E-state index in [2.05, 4.69) is 23.8 Å². The van der Waals surface area contributed by atoms with Crippen LogP contribution in [0.25, 0.3) is 0 Å². The molecule has 0 aromatic heterocycles. The van der Waals surface area contributed by atoms with Crippen molar-refractivity contribution in [3.05, 3.63) is 101 Å². The van der Waals surface area contributed by atoms with E-state index in [1.807, 2.05) is 6.07 Å². The molecule has 4 aromatic carbocycles. The Morgan fingerprint density at radius 3 is 1.43 bits per heavy atom. The van der Waals surface area contributed by atoms with Gasteiger partial charge in [-0.1, -0.05) is 141 Å². The largest absolute Gasteiger partial charge is 0.507 e. The number of phenolic OH excluding ortho intramolecular Hbond substituents is 2. The molecule has 0 fully saturated rings. The fourth-order valence-corrected chi connectivity index (χ4v) is 6.96. The van der Waals surface area contributed by atoms with Gasteiger partial charge in [-0.3, -0.25) is 9.98 Å². The second-order valence-corrected chi connectivity index (χ2v) is 16.0. The number of halogens is 1. The van der Waals surface area contributed by atoms with Crippen molar-refractivity contribution >= 4 is 41.4 Å². The van der Waals surface area contributed by atoms with Gasteiger partial charge >= 0.3 is 5.97 Å². The van der Waals surface area contributed by atoms with Crippen LogP contribution in [0.3, 0.4) is 0 Å². The summed E-state index contributed by atoms with van der Waals surface area (Å²) in [6.07, 6.45) is 28.4. The van der Waals surface area contributed by atoms with Crippen LogP contribution >= 0.6 is 11.6 Å². The summed E-state index contributed by atoms with van der Waals surface area (Å²) in [6, 6.07) is 21.8. The molecule has 0 amide bonds. The van der Waals surface area contributed by atoms with Gasteiger partial charge in [0.25, 0.3) is 0 Å². The summed E-state index contributed by atoms with van der Waals surface area (Å²) in [5.41, 5.74) is 2.29. The summed E-state index contributed by atoms with van der Waals surface area (Å²) in [6.45, 7) is 5.73. The Labute approximate surface area is 364 Å². The van der Waals surface area contributed by atoms with E-state index < -0.39 is 5.97 Å². The van der Waals surface area contributed by atoms with Gasteiger partial charge in [-0.25, -0.2) is 4.79 Å². The highest BCUT2D eigenvalue weighted by Crippen LogP contribution is 2.29. The molecule has 0 heterocycles. The Hall–Kier alpha value is -4.82. The van der Waals surface area contributed by atoms with Crippen LogP contribution in [0.5, 0.6) is 28.7 Å². The van der Waals surface area contributed by atoms with Crippen LogP contribution in [0.2, 0.25) is 5.02 Å². The van der Waals surface area contributed by atoms with Crippen LogP contribution in [-0.2, 0) is 0 Å². The minimum absolute atomic E-state index is 0.0353. The number of carbonyl (C=O) groups excluding carboxylic acids is 1. The molecule has 324 valence electrons. The van der Waals surface area contributed by atoms with Crippen LogP contribution in [-0.4, -0.2) is 41.8 Å². The Kier molecular flexibility index (Phi) is 22.8. The highest BCUT2D eigenvalue weighted by Gasteiger charge is 2.12. The predicted octanol–water partition coefficient (Wildman–Crippen LogP) is 15.1. The van der Waals surface area contributed by atoms with E-state index in [0.29, 0.717) is 58.0 Å². The van der Waals surface area contributed by atoms with Crippen LogP contribution in [0.4, 0.5) is 11.4 Å². The molecule has 0 saturated carbocycles. The molecule has 60 heavy (non-hydrogen) atoms. The van der Waals surface area contributed by atoms with Crippen molar-refractivity contribution in [1.29, 1.82) is 0 Å². The molecule has 0 saturated heterocycles. The van der Waals surface area contributed by atoms with Crippen LogP contribution in [0.15, 0.2) is 88.8 Å². The zero-order valence-corrected chi connectivity index (χ0v) is 36.8. The molecular formula is C51H67ClN2O6. The first-order valence-electron chi connectivity index (χ1n) is 22.5. The number of benzene rings is 4. The molecule has 0 unspecified atom stereocenters. The number of aliphatic imine (C=N–C) groups is 2. The standard InChI is InChI=1S/C51H67ClN2O6/c1-3-5-7-9-11-13-15-17-19-21-33-58-45-28-23-41(49(55)36-45)38-53-43-26-30-44(31-27-43)60-51(57)40-25-32-47(52)48(35-40)54-39-42-24-29-46(37-50(42)56)59-34-22-20-18-16-14-12-10-8-6-4-2/h23-32,35-39,55-56H,3-22,33-34H2,1-2H3. The van der Waals surface area contributed by atoms with Crippen LogP contribution < -0.4 is 14.2 Å². The Morgan fingerprint density at radius 1 is 0.533 bits per heavy atom. The summed E-state index contributed by atoms with van der Waals surface area (Å²) in [4.78, 5) is 22.0. The molecule has 0 atom stereocenters. The van der Waals surface area contributed by atoms with Gasteiger partial charge in [0.05, 0.1) is 35.2 Å². The van der Waals surface area contributed by atoms with Crippen molar-refractivity contribution in [1.82, 2.24) is 0 Å². The third-order valence-electron chi connectivity index (χ3n) is 10.5. The normalized spacial score (nSPS) is 11.4. The first kappa shape index (κ1) is 47.9. The molecule has 0 radical (unpaired) electrons. The number of unbranched alkanes of at least 4 members (excludes halogenated alkanes) is 18. The van der Waals surface area contributed by atoms with E-state index >= 15 is 0 Å². The van der Waals surface area contributed by atoms with Gasteiger partial charge in [0.1, 0.15) is 28.7 Å². The van der Waals surface area contributed by atoms with Crippen molar-refractivity contribution in [3.8, 4) is 28.7 Å². The maximum absolute atomic E-state index is 13.1.